The number of amides is 2. The Bertz CT molecular complexity index is 635. The molecule has 132 valence electrons. The predicted octanol–water partition coefficient (Wildman–Crippen LogP) is 2.94. The van der Waals surface area contributed by atoms with E-state index in [1.807, 2.05) is 13.8 Å². The topological polar surface area (TPSA) is 67.9 Å². The van der Waals surface area contributed by atoms with Gasteiger partial charge in [-0.15, -0.1) is 0 Å². The van der Waals surface area contributed by atoms with Crippen molar-refractivity contribution in [3.63, 3.8) is 0 Å². The van der Waals surface area contributed by atoms with Crippen molar-refractivity contribution in [2.24, 2.45) is 5.92 Å². The molecule has 1 aromatic rings. The minimum atomic E-state index is -0.377. The summed E-state index contributed by atoms with van der Waals surface area (Å²) in [6, 6.07) is 3.34. The van der Waals surface area contributed by atoms with Crippen molar-refractivity contribution >= 4 is 29.1 Å². The summed E-state index contributed by atoms with van der Waals surface area (Å²) in [5, 5.41) is 3.22. The molecule has 0 aliphatic carbocycles. The molecular formula is C17H23ClN2O4. The lowest BCUT2D eigenvalue weighted by atomic mass is 10.1. The Morgan fingerprint density at radius 1 is 1.38 bits per heavy atom. The second-order valence-corrected chi connectivity index (χ2v) is 6.29. The number of likely N-dealkylation sites (tertiary alicyclic amines) is 1. The normalized spacial score (nSPS) is 18.5. The second kappa shape index (κ2) is 7.75. The van der Waals surface area contributed by atoms with Crippen LogP contribution in [0.25, 0.3) is 0 Å². The van der Waals surface area contributed by atoms with E-state index in [-0.39, 0.29) is 30.2 Å². The van der Waals surface area contributed by atoms with Crippen LogP contribution in [0.5, 0.6) is 11.5 Å². The molecule has 7 heteroatoms. The predicted molar refractivity (Wildman–Crippen MR) is 92.8 cm³/mol. The second-order valence-electron chi connectivity index (χ2n) is 5.88. The zero-order valence-corrected chi connectivity index (χ0v) is 15.1. The molecular weight excluding hydrogens is 332 g/mol. The van der Waals surface area contributed by atoms with Crippen LogP contribution in [0.3, 0.4) is 0 Å². The van der Waals surface area contributed by atoms with E-state index < -0.39 is 0 Å². The molecule has 1 aliphatic heterocycles. The molecule has 0 bridgehead atoms. The van der Waals surface area contributed by atoms with Crippen molar-refractivity contribution in [3.8, 4) is 11.5 Å². The Hall–Kier alpha value is -1.95. The maximum Gasteiger partial charge on any atom is 0.229 e. The van der Waals surface area contributed by atoms with Crippen LogP contribution >= 0.6 is 11.6 Å². The molecule has 0 saturated carbocycles. The summed E-state index contributed by atoms with van der Waals surface area (Å²) in [7, 11) is 3.00. The third-order valence-electron chi connectivity index (χ3n) is 4.38. The molecule has 6 nitrogen and oxygen atoms in total. The van der Waals surface area contributed by atoms with Gasteiger partial charge in [0, 0.05) is 31.1 Å². The Balaban J connectivity index is 2.14. The van der Waals surface area contributed by atoms with Gasteiger partial charge in [-0.3, -0.25) is 9.59 Å². The number of carbonyl (C=O) groups excluding carboxylic acids is 2. The smallest absolute Gasteiger partial charge is 0.229 e. The first-order valence-electron chi connectivity index (χ1n) is 7.93. The highest BCUT2D eigenvalue weighted by Crippen LogP contribution is 2.36. The Labute approximate surface area is 147 Å². The Kier molecular flexibility index (Phi) is 5.94. The van der Waals surface area contributed by atoms with E-state index in [0.717, 1.165) is 6.42 Å². The van der Waals surface area contributed by atoms with E-state index >= 15 is 0 Å². The van der Waals surface area contributed by atoms with Gasteiger partial charge < -0.3 is 19.7 Å². The summed E-state index contributed by atoms with van der Waals surface area (Å²) >= 11 is 6.06. The zero-order chi connectivity index (χ0) is 17.9. The molecule has 2 amide bonds. The summed E-state index contributed by atoms with van der Waals surface area (Å²) in [5.74, 6) is 0.314. The summed E-state index contributed by atoms with van der Waals surface area (Å²) in [6.07, 6.45) is 1.09. The molecule has 0 radical (unpaired) electrons. The molecule has 2 rings (SSSR count). The van der Waals surface area contributed by atoms with Crippen LogP contribution in [-0.4, -0.2) is 43.5 Å². The maximum absolute atomic E-state index is 12.6. The number of hydrogen-bond acceptors (Lipinski definition) is 4. The zero-order valence-electron chi connectivity index (χ0n) is 14.4. The van der Waals surface area contributed by atoms with Crippen LogP contribution in [-0.2, 0) is 9.59 Å². The number of hydrogen-bond donors (Lipinski definition) is 1. The van der Waals surface area contributed by atoms with Crippen molar-refractivity contribution in [1.29, 1.82) is 0 Å². The number of nitrogens with zero attached hydrogens (tertiary/aromatic N) is 1. The van der Waals surface area contributed by atoms with Crippen LogP contribution in [0, 0.1) is 5.92 Å². The molecule has 1 aromatic carbocycles. The van der Waals surface area contributed by atoms with E-state index in [4.69, 9.17) is 21.1 Å². The van der Waals surface area contributed by atoms with E-state index in [1.165, 1.54) is 14.2 Å². The average molecular weight is 355 g/mol. The lowest BCUT2D eigenvalue weighted by molar-refractivity contribution is -0.129. The van der Waals surface area contributed by atoms with Gasteiger partial charge in [-0.05, 0) is 13.3 Å². The Morgan fingerprint density at radius 3 is 2.62 bits per heavy atom. The average Bonchev–Trinajstić information content (AvgIpc) is 2.97. The quantitative estimate of drug-likeness (QED) is 0.852. The minimum absolute atomic E-state index is 0.0187. The molecule has 1 N–H and O–H groups in total. The van der Waals surface area contributed by atoms with Gasteiger partial charge in [0.25, 0.3) is 0 Å². The molecule has 1 saturated heterocycles. The van der Waals surface area contributed by atoms with E-state index in [0.29, 0.717) is 28.8 Å². The highest BCUT2D eigenvalue weighted by molar-refractivity contribution is 6.32. The van der Waals surface area contributed by atoms with Gasteiger partial charge in [-0.1, -0.05) is 18.5 Å². The third-order valence-corrected chi connectivity index (χ3v) is 4.68. The fourth-order valence-corrected chi connectivity index (χ4v) is 2.98. The molecule has 24 heavy (non-hydrogen) atoms. The molecule has 0 spiro atoms. The van der Waals surface area contributed by atoms with Crippen LogP contribution in [0.1, 0.15) is 26.7 Å². The van der Waals surface area contributed by atoms with Crippen molar-refractivity contribution in [1.82, 2.24) is 4.90 Å². The monoisotopic (exact) mass is 354 g/mol. The molecule has 0 aromatic heterocycles. The summed E-state index contributed by atoms with van der Waals surface area (Å²) in [5.41, 5.74) is 0.471. The first-order valence-corrected chi connectivity index (χ1v) is 8.30. The largest absolute Gasteiger partial charge is 0.495 e. The number of ether oxygens (including phenoxy) is 2. The lowest BCUT2D eigenvalue weighted by Crippen LogP contribution is -2.35. The van der Waals surface area contributed by atoms with E-state index in [2.05, 4.69) is 5.32 Å². The van der Waals surface area contributed by atoms with Gasteiger partial charge in [0.2, 0.25) is 11.8 Å². The van der Waals surface area contributed by atoms with Crippen LogP contribution in [0.2, 0.25) is 5.02 Å². The number of rotatable bonds is 6. The van der Waals surface area contributed by atoms with Crippen LogP contribution < -0.4 is 14.8 Å². The van der Waals surface area contributed by atoms with Crippen molar-refractivity contribution in [2.75, 3.05) is 26.1 Å². The number of methoxy groups -OCH3 is 2. The number of benzene rings is 1. The van der Waals surface area contributed by atoms with Gasteiger partial charge in [-0.25, -0.2) is 0 Å². The molecule has 2 atom stereocenters. The maximum atomic E-state index is 12.6. The number of carbonyl (C=O) groups is 2. The summed E-state index contributed by atoms with van der Waals surface area (Å²) in [4.78, 5) is 26.4. The van der Waals surface area contributed by atoms with Crippen LogP contribution in [0.4, 0.5) is 5.69 Å². The van der Waals surface area contributed by atoms with Crippen molar-refractivity contribution in [2.45, 2.75) is 32.7 Å². The fraction of sp³-hybridized carbons (Fsp3) is 0.529. The van der Waals surface area contributed by atoms with Gasteiger partial charge in [0.1, 0.15) is 11.5 Å². The van der Waals surface area contributed by atoms with Gasteiger partial charge in [-0.2, -0.15) is 0 Å². The molecule has 2 unspecified atom stereocenters. The number of halogens is 1. The molecule has 1 aliphatic rings. The van der Waals surface area contributed by atoms with E-state index in [1.54, 1.807) is 17.0 Å². The third kappa shape index (κ3) is 3.75. The number of nitrogens with one attached hydrogen (secondary N) is 1. The van der Waals surface area contributed by atoms with E-state index in [9.17, 15) is 9.59 Å². The minimum Gasteiger partial charge on any atom is -0.495 e. The summed E-state index contributed by atoms with van der Waals surface area (Å²) in [6.45, 7) is 4.45. The first-order chi connectivity index (χ1) is 11.4. The Morgan fingerprint density at radius 2 is 2.04 bits per heavy atom. The van der Waals surface area contributed by atoms with Gasteiger partial charge in [0.15, 0.2) is 0 Å². The fourth-order valence-electron chi connectivity index (χ4n) is 2.75. The van der Waals surface area contributed by atoms with Crippen LogP contribution in [0.15, 0.2) is 12.1 Å². The SMILES string of the molecule is CCC(C)N1CC(C(=O)Nc2cc(OC)c(Cl)cc2OC)CC1=O. The van der Waals surface area contributed by atoms with Crippen molar-refractivity contribution in [3.05, 3.63) is 17.2 Å². The highest BCUT2D eigenvalue weighted by atomic mass is 35.5. The molecule has 1 fully saturated rings. The standard InChI is InChI=1S/C17H23ClN2O4/c1-5-10(2)20-9-11(6-16(20)21)17(22)19-13-8-14(23-3)12(18)7-15(13)24-4/h7-8,10-11H,5-6,9H2,1-4H3,(H,19,22). The molecule has 1 heterocycles. The highest BCUT2D eigenvalue weighted by Gasteiger charge is 2.36. The first kappa shape index (κ1) is 18.4. The lowest BCUT2D eigenvalue weighted by Gasteiger charge is -2.23. The van der Waals surface area contributed by atoms with Gasteiger partial charge in [0.05, 0.1) is 30.8 Å². The van der Waals surface area contributed by atoms with Crippen molar-refractivity contribution < 1.29 is 19.1 Å². The summed E-state index contributed by atoms with van der Waals surface area (Å²) < 4.78 is 10.4. The number of anilines is 1. The van der Waals surface area contributed by atoms with Gasteiger partial charge >= 0.3 is 0 Å².